The minimum absolute atomic E-state index is 0.287. The summed E-state index contributed by atoms with van der Waals surface area (Å²) >= 11 is 1.76. The van der Waals surface area contributed by atoms with Crippen LogP contribution in [0.25, 0.3) is 0 Å². The van der Waals surface area contributed by atoms with Crippen molar-refractivity contribution in [2.45, 2.75) is 58.5 Å². The second-order valence-electron chi connectivity index (χ2n) is 4.16. The molecule has 0 bridgehead atoms. The predicted octanol–water partition coefficient (Wildman–Crippen LogP) is 3.48. The summed E-state index contributed by atoms with van der Waals surface area (Å²) in [6.45, 7) is 5.65. The van der Waals surface area contributed by atoms with Crippen molar-refractivity contribution in [2.24, 2.45) is 0 Å². The van der Waals surface area contributed by atoms with Gasteiger partial charge in [-0.3, -0.25) is 0 Å². The third-order valence-corrected chi connectivity index (χ3v) is 3.50. The SMILES string of the molecule is CCCCCCCCOCC(O)CSCC. The molecule has 98 valence electrons. The number of hydrogen-bond donors (Lipinski definition) is 1. The predicted molar refractivity (Wildman–Crippen MR) is 73.2 cm³/mol. The van der Waals surface area contributed by atoms with Crippen molar-refractivity contribution in [1.82, 2.24) is 0 Å². The minimum Gasteiger partial charge on any atom is -0.390 e. The lowest BCUT2D eigenvalue weighted by molar-refractivity contribution is 0.0468. The van der Waals surface area contributed by atoms with E-state index >= 15 is 0 Å². The molecule has 0 aromatic carbocycles. The summed E-state index contributed by atoms with van der Waals surface area (Å²) in [5.41, 5.74) is 0. The molecule has 0 aliphatic carbocycles. The Kier molecular flexibility index (Phi) is 13.6. The molecule has 1 atom stereocenters. The normalized spacial score (nSPS) is 12.9. The molecule has 0 rings (SSSR count). The third kappa shape index (κ3) is 12.3. The summed E-state index contributed by atoms with van der Waals surface area (Å²) in [6, 6.07) is 0. The molecule has 0 saturated carbocycles. The fourth-order valence-corrected chi connectivity index (χ4v) is 2.11. The summed E-state index contributed by atoms with van der Waals surface area (Å²) in [4.78, 5) is 0. The first-order valence-corrected chi connectivity index (χ1v) is 7.80. The lowest BCUT2D eigenvalue weighted by Crippen LogP contribution is -2.18. The lowest BCUT2D eigenvalue weighted by Gasteiger charge is -2.10. The number of rotatable bonds is 12. The molecule has 0 amide bonds. The van der Waals surface area contributed by atoms with E-state index in [0.717, 1.165) is 24.5 Å². The van der Waals surface area contributed by atoms with Crippen molar-refractivity contribution in [3.63, 3.8) is 0 Å². The molecule has 0 saturated heterocycles. The minimum atomic E-state index is -0.287. The molecule has 1 N–H and O–H groups in total. The maximum atomic E-state index is 9.51. The van der Waals surface area contributed by atoms with Crippen LogP contribution in [-0.2, 0) is 4.74 Å². The van der Waals surface area contributed by atoms with Crippen LogP contribution in [0.15, 0.2) is 0 Å². The zero-order valence-corrected chi connectivity index (χ0v) is 11.7. The zero-order valence-electron chi connectivity index (χ0n) is 10.9. The van der Waals surface area contributed by atoms with Crippen molar-refractivity contribution >= 4 is 11.8 Å². The number of thioether (sulfide) groups is 1. The molecule has 0 aromatic rings. The fourth-order valence-electron chi connectivity index (χ4n) is 1.51. The van der Waals surface area contributed by atoms with Gasteiger partial charge in [-0.1, -0.05) is 46.0 Å². The summed E-state index contributed by atoms with van der Waals surface area (Å²) in [7, 11) is 0. The van der Waals surface area contributed by atoms with Gasteiger partial charge in [0.25, 0.3) is 0 Å². The maximum Gasteiger partial charge on any atom is 0.0863 e. The number of aliphatic hydroxyl groups excluding tert-OH is 1. The number of ether oxygens (including phenoxy) is 1. The van der Waals surface area contributed by atoms with E-state index in [0.29, 0.717) is 6.61 Å². The molecule has 0 aromatic heterocycles. The molecule has 0 spiro atoms. The fraction of sp³-hybridized carbons (Fsp3) is 1.00. The second kappa shape index (κ2) is 13.3. The van der Waals surface area contributed by atoms with Gasteiger partial charge in [0.1, 0.15) is 0 Å². The van der Waals surface area contributed by atoms with E-state index in [2.05, 4.69) is 13.8 Å². The van der Waals surface area contributed by atoms with Crippen LogP contribution in [-0.4, -0.2) is 35.9 Å². The van der Waals surface area contributed by atoms with Crippen LogP contribution in [0.2, 0.25) is 0 Å². The van der Waals surface area contributed by atoms with E-state index in [9.17, 15) is 5.11 Å². The molecule has 2 nitrogen and oxygen atoms in total. The highest BCUT2D eigenvalue weighted by Gasteiger charge is 2.02. The van der Waals surface area contributed by atoms with Crippen molar-refractivity contribution in [3.05, 3.63) is 0 Å². The van der Waals surface area contributed by atoms with E-state index in [1.54, 1.807) is 11.8 Å². The molecule has 16 heavy (non-hydrogen) atoms. The quantitative estimate of drug-likeness (QED) is 0.536. The van der Waals surface area contributed by atoms with Gasteiger partial charge in [-0.05, 0) is 12.2 Å². The van der Waals surface area contributed by atoms with Crippen molar-refractivity contribution in [2.75, 3.05) is 24.7 Å². The number of unbranched alkanes of at least 4 members (excludes halogenated alkanes) is 5. The topological polar surface area (TPSA) is 29.5 Å². The average Bonchev–Trinajstić information content (AvgIpc) is 2.30. The Morgan fingerprint density at radius 1 is 1.06 bits per heavy atom. The Bertz CT molecular complexity index is 131. The monoisotopic (exact) mass is 248 g/mol. The molecule has 0 aliphatic rings. The molecule has 0 heterocycles. The molecule has 0 fully saturated rings. The van der Waals surface area contributed by atoms with Crippen LogP contribution in [0, 0.1) is 0 Å². The molecule has 3 heteroatoms. The van der Waals surface area contributed by atoms with E-state index < -0.39 is 0 Å². The van der Waals surface area contributed by atoms with Crippen molar-refractivity contribution in [1.29, 1.82) is 0 Å². The van der Waals surface area contributed by atoms with E-state index in [1.807, 2.05) is 0 Å². The third-order valence-electron chi connectivity index (χ3n) is 2.47. The largest absolute Gasteiger partial charge is 0.390 e. The van der Waals surface area contributed by atoms with Crippen LogP contribution in [0.4, 0.5) is 0 Å². The average molecular weight is 248 g/mol. The number of aliphatic hydroxyl groups is 1. The maximum absolute atomic E-state index is 9.51. The highest BCUT2D eigenvalue weighted by Crippen LogP contribution is 2.06. The van der Waals surface area contributed by atoms with Gasteiger partial charge in [0, 0.05) is 12.4 Å². The van der Waals surface area contributed by atoms with Gasteiger partial charge in [-0.15, -0.1) is 0 Å². The Balaban J connectivity index is 3.02. The van der Waals surface area contributed by atoms with Crippen LogP contribution in [0.5, 0.6) is 0 Å². The van der Waals surface area contributed by atoms with Crippen molar-refractivity contribution in [3.8, 4) is 0 Å². The first-order valence-electron chi connectivity index (χ1n) is 6.64. The summed E-state index contributed by atoms with van der Waals surface area (Å²) in [6.07, 6.45) is 7.45. The first kappa shape index (κ1) is 16.3. The molecule has 0 radical (unpaired) electrons. The molecular formula is C13H28O2S. The smallest absolute Gasteiger partial charge is 0.0863 e. The van der Waals surface area contributed by atoms with Crippen LogP contribution < -0.4 is 0 Å². The van der Waals surface area contributed by atoms with Gasteiger partial charge in [0.05, 0.1) is 12.7 Å². The standard InChI is InChI=1S/C13H28O2S/c1-3-5-6-7-8-9-10-15-11-13(14)12-16-4-2/h13-14H,3-12H2,1-2H3. The van der Waals surface area contributed by atoms with Crippen LogP contribution >= 0.6 is 11.8 Å². The summed E-state index contributed by atoms with van der Waals surface area (Å²) in [5, 5.41) is 9.51. The summed E-state index contributed by atoms with van der Waals surface area (Å²) in [5.74, 6) is 1.86. The Labute approximate surface area is 105 Å². The molecule has 1 unspecified atom stereocenters. The van der Waals surface area contributed by atoms with Gasteiger partial charge in [-0.25, -0.2) is 0 Å². The first-order chi connectivity index (χ1) is 7.81. The van der Waals surface area contributed by atoms with Gasteiger partial charge in [-0.2, -0.15) is 11.8 Å². The Morgan fingerprint density at radius 3 is 2.44 bits per heavy atom. The van der Waals surface area contributed by atoms with E-state index in [4.69, 9.17) is 4.74 Å². The zero-order chi connectivity index (χ0) is 12.1. The summed E-state index contributed by atoms with van der Waals surface area (Å²) < 4.78 is 5.44. The number of hydrogen-bond acceptors (Lipinski definition) is 3. The van der Waals surface area contributed by atoms with E-state index in [-0.39, 0.29) is 6.10 Å². The Hall–Kier alpha value is 0.270. The molecule has 0 aliphatic heterocycles. The van der Waals surface area contributed by atoms with Crippen LogP contribution in [0.3, 0.4) is 0 Å². The van der Waals surface area contributed by atoms with E-state index in [1.165, 1.54) is 32.1 Å². The molecular weight excluding hydrogens is 220 g/mol. The Morgan fingerprint density at radius 2 is 1.75 bits per heavy atom. The van der Waals surface area contributed by atoms with Crippen LogP contribution in [0.1, 0.15) is 52.4 Å². The second-order valence-corrected chi connectivity index (χ2v) is 5.47. The van der Waals surface area contributed by atoms with Gasteiger partial charge >= 0.3 is 0 Å². The van der Waals surface area contributed by atoms with Gasteiger partial charge in [0.2, 0.25) is 0 Å². The highest BCUT2D eigenvalue weighted by molar-refractivity contribution is 7.99. The van der Waals surface area contributed by atoms with Gasteiger partial charge < -0.3 is 9.84 Å². The van der Waals surface area contributed by atoms with Crippen molar-refractivity contribution < 1.29 is 9.84 Å². The lowest BCUT2D eigenvalue weighted by atomic mass is 10.1. The van der Waals surface area contributed by atoms with Gasteiger partial charge in [0.15, 0.2) is 0 Å². The highest BCUT2D eigenvalue weighted by atomic mass is 32.2.